The van der Waals surface area contributed by atoms with Gasteiger partial charge >= 0.3 is 0 Å². The van der Waals surface area contributed by atoms with Gasteiger partial charge < -0.3 is 19.7 Å². The molecule has 0 fully saturated rings. The summed E-state index contributed by atoms with van der Waals surface area (Å²) in [6, 6.07) is 28.1. The standard InChI is InChI=1S/C35H35N4O.CH4.Pt/c1-23-15-17-38(37-23)26-18-25(35(5,6)7)19-28(21-26)40-27-12-13-30-29-10-8-9-11-31(29)39(32(30)22-27)33-20-24(14-16-36-33)34(2,3)4;;/h8-20,23H,1-7H3;1H4;/q-3;;. The van der Waals surface area contributed by atoms with Crippen LogP contribution in [0.15, 0.2) is 79.1 Å². The zero-order valence-corrected chi connectivity index (χ0v) is 26.9. The third kappa shape index (κ3) is 6.04. The Balaban J connectivity index is 0.00000202. The average molecular weight is 739 g/mol. The van der Waals surface area contributed by atoms with Crippen molar-refractivity contribution in [1.29, 1.82) is 0 Å². The molecule has 0 saturated carbocycles. The van der Waals surface area contributed by atoms with Crippen LogP contribution in [0, 0.1) is 12.1 Å². The van der Waals surface area contributed by atoms with Crippen LogP contribution in [0.25, 0.3) is 33.0 Å². The Morgan fingerprint density at radius 3 is 2.26 bits per heavy atom. The number of benzene rings is 3. The van der Waals surface area contributed by atoms with E-state index in [9.17, 15) is 0 Å². The fourth-order valence-corrected chi connectivity index (χ4v) is 5.06. The van der Waals surface area contributed by atoms with E-state index in [1.807, 2.05) is 23.5 Å². The summed E-state index contributed by atoms with van der Waals surface area (Å²) >= 11 is 0. The molecular weight excluding hydrogens is 700 g/mol. The average Bonchev–Trinajstić information content (AvgIpc) is 3.48. The minimum Gasteiger partial charge on any atom is -0.559 e. The first-order chi connectivity index (χ1) is 19.0. The molecule has 1 atom stereocenters. The maximum atomic E-state index is 6.48. The predicted octanol–water partition coefficient (Wildman–Crippen LogP) is 9.81. The van der Waals surface area contributed by atoms with Crippen LogP contribution in [-0.4, -0.2) is 15.6 Å². The molecule has 42 heavy (non-hydrogen) atoms. The number of hydrogen-bond acceptors (Lipinski definition) is 3. The zero-order chi connectivity index (χ0) is 28.2. The Hall–Kier alpha value is -3.40. The SMILES string of the molecule is C.CC1C=CN(c2[c-]c(Oc3[c-]c4c(cc3)c3ccccc3n4-c3cc(C(C)(C)C)ccn3)cc(C(C)(C)C)c2)[N-]1.[Pt]. The second-order valence-electron chi connectivity index (χ2n) is 12.6. The first kappa shape index (κ1) is 31.5. The minimum atomic E-state index is -0.0686. The van der Waals surface area contributed by atoms with Crippen LogP contribution in [0.4, 0.5) is 5.69 Å². The normalized spacial score (nSPS) is 15.1. The van der Waals surface area contributed by atoms with Gasteiger partial charge in [-0.15, -0.1) is 47.3 Å². The molecule has 6 heteroatoms. The molecule has 1 aliphatic heterocycles. The summed E-state index contributed by atoms with van der Waals surface area (Å²) in [5, 5.41) is 4.14. The molecule has 2 aromatic heterocycles. The third-order valence-corrected chi connectivity index (χ3v) is 7.37. The van der Waals surface area contributed by atoms with E-state index in [0.29, 0.717) is 11.5 Å². The quantitative estimate of drug-likeness (QED) is 0.173. The number of hydrogen-bond donors (Lipinski definition) is 0. The number of ether oxygens (including phenoxy) is 1. The molecule has 222 valence electrons. The van der Waals surface area contributed by atoms with Crippen LogP contribution in [0.1, 0.15) is 67.0 Å². The van der Waals surface area contributed by atoms with Gasteiger partial charge in [0.05, 0.1) is 0 Å². The fraction of sp³-hybridized carbons (Fsp3) is 0.306. The Morgan fingerprint density at radius 2 is 1.57 bits per heavy atom. The molecule has 3 aromatic carbocycles. The molecule has 1 aliphatic rings. The van der Waals surface area contributed by atoms with E-state index in [1.54, 1.807) is 0 Å². The van der Waals surface area contributed by atoms with Gasteiger partial charge in [-0.25, -0.2) is 4.98 Å². The zero-order valence-electron chi connectivity index (χ0n) is 24.6. The van der Waals surface area contributed by atoms with Crippen LogP contribution in [0.2, 0.25) is 0 Å². The molecule has 0 radical (unpaired) electrons. The van der Waals surface area contributed by atoms with Gasteiger partial charge in [0.1, 0.15) is 5.82 Å². The maximum Gasteiger partial charge on any atom is 0.135 e. The number of fused-ring (bicyclic) bond motifs is 3. The molecule has 0 bridgehead atoms. The van der Waals surface area contributed by atoms with Crippen molar-refractivity contribution in [2.75, 3.05) is 5.01 Å². The van der Waals surface area contributed by atoms with Crippen molar-refractivity contribution in [1.82, 2.24) is 9.55 Å². The van der Waals surface area contributed by atoms with Crippen LogP contribution >= 0.6 is 0 Å². The molecule has 0 spiro atoms. The molecule has 0 N–H and O–H groups in total. The van der Waals surface area contributed by atoms with Gasteiger partial charge in [-0.1, -0.05) is 91.4 Å². The van der Waals surface area contributed by atoms with E-state index in [-0.39, 0.29) is 45.4 Å². The molecule has 1 unspecified atom stereocenters. The summed E-state index contributed by atoms with van der Waals surface area (Å²) in [6.07, 6.45) is 5.95. The Labute approximate surface area is 264 Å². The summed E-state index contributed by atoms with van der Waals surface area (Å²) in [7, 11) is 0. The topological polar surface area (TPSA) is 44.4 Å². The van der Waals surface area contributed by atoms with E-state index >= 15 is 0 Å². The second kappa shape index (κ2) is 11.7. The number of aromatic nitrogens is 2. The van der Waals surface area contributed by atoms with Crippen LogP contribution < -0.4 is 9.75 Å². The van der Waals surface area contributed by atoms with Crippen molar-refractivity contribution in [2.45, 2.75) is 72.8 Å². The van der Waals surface area contributed by atoms with Gasteiger partial charge in [-0.05, 0) is 46.2 Å². The first-order valence-electron chi connectivity index (χ1n) is 13.8. The van der Waals surface area contributed by atoms with Crippen molar-refractivity contribution in [3.8, 4) is 17.3 Å². The molecule has 5 aromatic rings. The van der Waals surface area contributed by atoms with E-state index in [2.05, 4.69) is 131 Å². The summed E-state index contributed by atoms with van der Waals surface area (Å²) in [4.78, 5) is 4.78. The summed E-state index contributed by atoms with van der Waals surface area (Å²) in [5.74, 6) is 2.13. The number of anilines is 1. The molecule has 5 nitrogen and oxygen atoms in total. The first-order valence-corrected chi connectivity index (χ1v) is 13.8. The fourth-order valence-electron chi connectivity index (χ4n) is 5.06. The van der Waals surface area contributed by atoms with E-state index in [1.165, 1.54) is 5.56 Å². The maximum absolute atomic E-state index is 6.48. The van der Waals surface area contributed by atoms with E-state index in [4.69, 9.17) is 9.72 Å². The van der Waals surface area contributed by atoms with Crippen molar-refractivity contribution in [2.24, 2.45) is 0 Å². The molecule has 6 rings (SSSR count). The summed E-state index contributed by atoms with van der Waals surface area (Å²) in [5.41, 5.74) is 9.88. The van der Waals surface area contributed by atoms with E-state index < -0.39 is 0 Å². The summed E-state index contributed by atoms with van der Waals surface area (Å²) in [6.45, 7) is 15.3. The molecule has 0 aliphatic carbocycles. The summed E-state index contributed by atoms with van der Waals surface area (Å²) < 4.78 is 8.66. The van der Waals surface area contributed by atoms with Gasteiger partial charge in [-0.2, -0.15) is 6.07 Å². The van der Waals surface area contributed by atoms with Crippen molar-refractivity contribution >= 4 is 27.5 Å². The number of nitrogens with zero attached hydrogens (tertiary/aromatic N) is 4. The van der Waals surface area contributed by atoms with E-state index in [0.717, 1.165) is 38.9 Å². The number of pyridine rings is 1. The Bertz CT molecular complexity index is 1760. The molecule has 0 amide bonds. The number of rotatable bonds is 4. The van der Waals surface area contributed by atoms with Crippen molar-refractivity contribution in [3.63, 3.8) is 0 Å². The van der Waals surface area contributed by atoms with Crippen molar-refractivity contribution < 1.29 is 25.8 Å². The van der Waals surface area contributed by atoms with Gasteiger partial charge in [0, 0.05) is 44.3 Å². The second-order valence-corrected chi connectivity index (χ2v) is 12.6. The van der Waals surface area contributed by atoms with Gasteiger partial charge in [0.15, 0.2) is 0 Å². The Morgan fingerprint density at radius 1 is 0.833 bits per heavy atom. The third-order valence-electron chi connectivity index (χ3n) is 7.37. The largest absolute Gasteiger partial charge is 0.559 e. The van der Waals surface area contributed by atoms with Crippen LogP contribution in [0.3, 0.4) is 0 Å². The molecular formula is C36H39N4OPt-3. The smallest absolute Gasteiger partial charge is 0.135 e. The Kier molecular flexibility index (Phi) is 8.79. The van der Waals surface area contributed by atoms with Crippen molar-refractivity contribution in [3.05, 3.63) is 108 Å². The minimum absolute atomic E-state index is 0. The molecule has 3 heterocycles. The predicted molar refractivity (Wildman–Crippen MR) is 171 cm³/mol. The van der Waals surface area contributed by atoms with Crippen LogP contribution in [-0.2, 0) is 31.9 Å². The monoisotopic (exact) mass is 738 g/mol. The number of para-hydroxylation sites is 1. The molecule has 0 saturated heterocycles. The van der Waals surface area contributed by atoms with Gasteiger partial charge in [0.2, 0.25) is 0 Å². The van der Waals surface area contributed by atoms with Gasteiger partial charge in [-0.3, -0.25) is 0 Å². The van der Waals surface area contributed by atoms with Gasteiger partial charge in [0.25, 0.3) is 0 Å². The van der Waals surface area contributed by atoms with Crippen LogP contribution in [0.5, 0.6) is 11.5 Å².